The highest BCUT2D eigenvalue weighted by Crippen LogP contribution is 2.23. The average molecular weight is 312 g/mol. The largest absolute Gasteiger partial charge is 0.448 e. The molecule has 1 N–H and O–H groups in total. The Labute approximate surface area is 134 Å². The highest BCUT2D eigenvalue weighted by Gasteiger charge is 2.18. The molecule has 1 amide bonds. The molecule has 0 aliphatic heterocycles. The monoisotopic (exact) mass is 312 g/mol. The van der Waals surface area contributed by atoms with Crippen molar-refractivity contribution in [2.24, 2.45) is 0 Å². The Balaban J connectivity index is 1.94. The van der Waals surface area contributed by atoms with E-state index in [9.17, 15) is 4.79 Å². The van der Waals surface area contributed by atoms with Gasteiger partial charge in [0.25, 0.3) is 5.91 Å². The third-order valence-electron chi connectivity index (χ3n) is 3.92. The number of amides is 1. The number of hydrogen-bond acceptors (Lipinski definition) is 3. The number of hydrogen-bond donors (Lipinski definition) is 1. The summed E-state index contributed by atoms with van der Waals surface area (Å²) in [4.78, 5) is 12.5. The number of fused-ring (bicyclic) bond motifs is 1. The highest BCUT2D eigenvalue weighted by atomic mass is 16.5. The molecule has 5 heteroatoms. The molecule has 0 fully saturated rings. The molecular weight excluding hydrogens is 292 g/mol. The molecule has 5 nitrogen and oxygen atoms in total. The topological polar surface area (TPSA) is 56.4 Å². The number of nitrogens with zero attached hydrogens (tertiary/aromatic N) is 1. The molecule has 0 radical (unpaired) electrons. The van der Waals surface area contributed by atoms with Crippen molar-refractivity contribution in [2.75, 3.05) is 20.3 Å². The summed E-state index contributed by atoms with van der Waals surface area (Å²) in [7, 11) is 1.61. The van der Waals surface area contributed by atoms with E-state index in [2.05, 4.69) is 24.4 Å². The van der Waals surface area contributed by atoms with Crippen molar-refractivity contribution in [1.82, 2.24) is 9.88 Å². The van der Waals surface area contributed by atoms with Gasteiger partial charge in [0.05, 0.1) is 19.4 Å². The second kappa shape index (κ2) is 6.71. The summed E-state index contributed by atoms with van der Waals surface area (Å²) in [6, 6.07) is 11.9. The number of furan rings is 1. The molecule has 1 aromatic carbocycles. The fraction of sp³-hybridized carbons (Fsp3) is 0.278. The lowest BCUT2D eigenvalue weighted by atomic mass is 10.1. The Morgan fingerprint density at radius 1 is 1.30 bits per heavy atom. The third kappa shape index (κ3) is 3.14. The summed E-state index contributed by atoms with van der Waals surface area (Å²) in [6.07, 6.45) is 1.64. The first-order valence-corrected chi connectivity index (χ1v) is 7.59. The minimum absolute atomic E-state index is 0.123. The SMILES string of the molecule is COCCNC(=O)c1cc2ccoc2n1Cc1ccccc1C. The van der Waals surface area contributed by atoms with Crippen LogP contribution in [0.25, 0.3) is 11.1 Å². The van der Waals surface area contributed by atoms with Gasteiger partial charge < -0.3 is 19.0 Å². The zero-order valence-corrected chi connectivity index (χ0v) is 13.3. The molecule has 0 aliphatic rings. The van der Waals surface area contributed by atoms with Crippen LogP contribution in [0.1, 0.15) is 21.6 Å². The summed E-state index contributed by atoms with van der Waals surface area (Å²) in [6.45, 7) is 3.62. The van der Waals surface area contributed by atoms with E-state index in [0.717, 1.165) is 10.9 Å². The Morgan fingerprint density at radius 3 is 2.91 bits per heavy atom. The van der Waals surface area contributed by atoms with E-state index in [1.807, 2.05) is 28.8 Å². The predicted octanol–water partition coefficient (Wildman–Crippen LogP) is 2.97. The molecule has 2 heterocycles. The van der Waals surface area contributed by atoms with Gasteiger partial charge in [-0.2, -0.15) is 0 Å². The summed E-state index contributed by atoms with van der Waals surface area (Å²) < 4.78 is 12.5. The second-order valence-electron chi connectivity index (χ2n) is 5.47. The first-order valence-electron chi connectivity index (χ1n) is 7.59. The smallest absolute Gasteiger partial charge is 0.268 e. The van der Waals surface area contributed by atoms with Crippen molar-refractivity contribution in [1.29, 1.82) is 0 Å². The lowest BCUT2D eigenvalue weighted by Crippen LogP contribution is -2.29. The van der Waals surface area contributed by atoms with Gasteiger partial charge in [-0.05, 0) is 30.2 Å². The van der Waals surface area contributed by atoms with Gasteiger partial charge >= 0.3 is 0 Å². The average Bonchev–Trinajstić information content (AvgIpc) is 3.12. The summed E-state index contributed by atoms with van der Waals surface area (Å²) in [5, 5.41) is 3.79. The van der Waals surface area contributed by atoms with E-state index < -0.39 is 0 Å². The zero-order valence-electron chi connectivity index (χ0n) is 13.3. The van der Waals surface area contributed by atoms with Gasteiger partial charge in [0.15, 0.2) is 0 Å². The molecule has 0 saturated heterocycles. The molecule has 3 aromatic rings. The van der Waals surface area contributed by atoms with E-state index in [4.69, 9.17) is 9.15 Å². The first kappa shape index (κ1) is 15.4. The molecule has 0 saturated carbocycles. The summed E-state index contributed by atoms with van der Waals surface area (Å²) >= 11 is 0. The minimum atomic E-state index is -0.123. The molecule has 0 unspecified atom stereocenters. The molecule has 23 heavy (non-hydrogen) atoms. The van der Waals surface area contributed by atoms with E-state index >= 15 is 0 Å². The molecule has 0 bridgehead atoms. The standard InChI is InChI=1S/C18H20N2O3/c1-13-5-3-4-6-15(13)12-20-16(17(21)19-8-10-22-2)11-14-7-9-23-18(14)20/h3-7,9,11H,8,10,12H2,1-2H3,(H,19,21). The lowest BCUT2D eigenvalue weighted by Gasteiger charge is -2.11. The van der Waals surface area contributed by atoms with Crippen LogP contribution in [0.5, 0.6) is 0 Å². The number of benzene rings is 1. The van der Waals surface area contributed by atoms with Crippen LogP contribution in [0.2, 0.25) is 0 Å². The third-order valence-corrected chi connectivity index (χ3v) is 3.92. The zero-order chi connectivity index (χ0) is 16.2. The molecule has 3 rings (SSSR count). The van der Waals surface area contributed by atoms with E-state index in [-0.39, 0.29) is 5.91 Å². The van der Waals surface area contributed by atoms with Crippen molar-refractivity contribution in [3.05, 3.63) is 59.5 Å². The van der Waals surface area contributed by atoms with Crippen molar-refractivity contribution >= 4 is 17.0 Å². The second-order valence-corrected chi connectivity index (χ2v) is 5.47. The first-order chi connectivity index (χ1) is 11.2. The van der Waals surface area contributed by atoms with Gasteiger partial charge in [-0.25, -0.2) is 0 Å². The maximum atomic E-state index is 12.5. The minimum Gasteiger partial charge on any atom is -0.448 e. The normalized spacial score (nSPS) is 11.0. The molecule has 2 aromatic heterocycles. The van der Waals surface area contributed by atoms with Gasteiger partial charge in [-0.15, -0.1) is 0 Å². The Bertz CT molecular complexity index is 817. The van der Waals surface area contributed by atoms with Crippen LogP contribution in [0, 0.1) is 6.92 Å². The van der Waals surface area contributed by atoms with Crippen molar-refractivity contribution in [3.8, 4) is 0 Å². The molecule has 0 spiro atoms. The van der Waals surface area contributed by atoms with Crippen LogP contribution in [0.3, 0.4) is 0 Å². The quantitative estimate of drug-likeness (QED) is 0.712. The van der Waals surface area contributed by atoms with E-state index in [1.54, 1.807) is 13.4 Å². The maximum absolute atomic E-state index is 12.5. The number of aryl methyl sites for hydroxylation is 1. The number of nitrogens with one attached hydrogen (secondary N) is 1. The fourth-order valence-corrected chi connectivity index (χ4v) is 2.64. The van der Waals surface area contributed by atoms with Crippen LogP contribution in [0.4, 0.5) is 0 Å². The Morgan fingerprint density at radius 2 is 2.13 bits per heavy atom. The predicted molar refractivity (Wildman–Crippen MR) is 88.7 cm³/mol. The fourth-order valence-electron chi connectivity index (χ4n) is 2.64. The highest BCUT2D eigenvalue weighted by molar-refractivity contribution is 5.97. The number of carbonyl (C=O) groups is 1. The van der Waals surface area contributed by atoms with Crippen LogP contribution in [-0.4, -0.2) is 30.7 Å². The molecular formula is C18H20N2O3. The molecule has 120 valence electrons. The van der Waals surface area contributed by atoms with Crippen molar-refractivity contribution < 1.29 is 13.9 Å². The molecule has 0 aliphatic carbocycles. The maximum Gasteiger partial charge on any atom is 0.268 e. The lowest BCUT2D eigenvalue weighted by molar-refractivity contribution is 0.0928. The number of carbonyl (C=O) groups excluding carboxylic acids is 1. The van der Waals surface area contributed by atoms with Gasteiger partial charge in [-0.1, -0.05) is 24.3 Å². The van der Waals surface area contributed by atoms with Crippen LogP contribution in [0.15, 0.2) is 47.1 Å². The van der Waals surface area contributed by atoms with Gasteiger partial charge in [0.2, 0.25) is 5.71 Å². The number of aromatic nitrogens is 1. The van der Waals surface area contributed by atoms with Crippen molar-refractivity contribution in [2.45, 2.75) is 13.5 Å². The number of rotatable bonds is 6. The summed E-state index contributed by atoms with van der Waals surface area (Å²) in [5.41, 5.74) is 3.66. The Kier molecular flexibility index (Phi) is 4.48. The molecule has 0 atom stereocenters. The number of ether oxygens (including phenoxy) is 1. The summed E-state index contributed by atoms with van der Waals surface area (Å²) in [5.74, 6) is -0.123. The van der Waals surface area contributed by atoms with Crippen molar-refractivity contribution in [3.63, 3.8) is 0 Å². The van der Waals surface area contributed by atoms with Gasteiger partial charge in [-0.3, -0.25) is 4.79 Å². The van der Waals surface area contributed by atoms with E-state index in [0.29, 0.717) is 31.1 Å². The van der Waals surface area contributed by atoms with Crippen LogP contribution in [-0.2, 0) is 11.3 Å². The Hall–Kier alpha value is -2.53. The van der Waals surface area contributed by atoms with Gasteiger partial charge in [0.1, 0.15) is 5.69 Å². The van der Waals surface area contributed by atoms with Crippen LogP contribution < -0.4 is 5.32 Å². The van der Waals surface area contributed by atoms with Gasteiger partial charge in [0, 0.05) is 19.0 Å². The number of methoxy groups -OCH3 is 1. The van der Waals surface area contributed by atoms with E-state index in [1.165, 1.54) is 5.56 Å². The van der Waals surface area contributed by atoms with Crippen LogP contribution >= 0.6 is 0 Å².